The molecule has 2 aliphatic heterocycles. The molecule has 0 saturated carbocycles. The molecular formula is C22H26N2O3S. The first kappa shape index (κ1) is 19.0. The molecule has 2 aromatic carbocycles. The normalized spacial score (nSPS) is 22.8. The minimum absolute atomic E-state index is 0.00509. The predicted octanol–water partition coefficient (Wildman–Crippen LogP) is 2.65. The van der Waals surface area contributed by atoms with Crippen LogP contribution in [0.25, 0.3) is 0 Å². The maximum Gasteiger partial charge on any atom is 0.242 e. The van der Waals surface area contributed by atoms with Crippen molar-refractivity contribution in [2.75, 3.05) is 23.0 Å². The quantitative estimate of drug-likeness (QED) is 0.777. The summed E-state index contributed by atoms with van der Waals surface area (Å²) in [6.07, 6.45) is 1.45. The van der Waals surface area contributed by atoms with Gasteiger partial charge in [0.1, 0.15) is 0 Å². The molecule has 4 rings (SSSR count). The molecule has 1 fully saturated rings. The van der Waals surface area contributed by atoms with Crippen molar-refractivity contribution in [2.24, 2.45) is 0 Å². The topological polar surface area (TPSA) is 57.7 Å². The third kappa shape index (κ3) is 3.92. The van der Waals surface area contributed by atoms with Crippen LogP contribution in [0.15, 0.2) is 54.6 Å². The summed E-state index contributed by atoms with van der Waals surface area (Å²) in [5, 5.41) is 0. The number of carbonyl (C=O) groups excluding carboxylic acids is 1. The van der Waals surface area contributed by atoms with Gasteiger partial charge in [-0.15, -0.1) is 0 Å². The van der Waals surface area contributed by atoms with E-state index in [9.17, 15) is 13.2 Å². The molecule has 0 bridgehead atoms. The van der Waals surface area contributed by atoms with Gasteiger partial charge in [-0.25, -0.2) is 8.42 Å². The van der Waals surface area contributed by atoms with Crippen LogP contribution in [0.5, 0.6) is 0 Å². The van der Waals surface area contributed by atoms with E-state index in [-0.39, 0.29) is 36.0 Å². The average molecular weight is 399 g/mol. The molecule has 1 amide bonds. The standard InChI is InChI=1S/C22H26N2O3S/c1-17-13-19-9-5-6-10-21(19)23(17)15-22(25)24(14-18-7-3-2-4-8-18)20-11-12-28(26,27)16-20/h2-10,17,20H,11-16H2,1H3/t17-,20-/m1/s1. The number of rotatable bonds is 5. The van der Waals surface area contributed by atoms with E-state index in [0.29, 0.717) is 13.0 Å². The van der Waals surface area contributed by atoms with E-state index < -0.39 is 9.84 Å². The molecule has 28 heavy (non-hydrogen) atoms. The molecule has 0 unspecified atom stereocenters. The van der Waals surface area contributed by atoms with Crippen molar-refractivity contribution in [1.29, 1.82) is 0 Å². The maximum atomic E-state index is 13.3. The Bertz CT molecular complexity index is 959. The number of para-hydroxylation sites is 1. The van der Waals surface area contributed by atoms with E-state index in [4.69, 9.17) is 0 Å². The van der Waals surface area contributed by atoms with Crippen molar-refractivity contribution in [3.8, 4) is 0 Å². The molecule has 0 N–H and O–H groups in total. The third-order valence-electron chi connectivity index (χ3n) is 5.82. The van der Waals surface area contributed by atoms with Gasteiger partial charge in [0.25, 0.3) is 0 Å². The lowest BCUT2D eigenvalue weighted by Gasteiger charge is -2.32. The number of fused-ring (bicyclic) bond motifs is 1. The highest BCUT2D eigenvalue weighted by Gasteiger charge is 2.36. The summed E-state index contributed by atoms with van der Waals surface area (Å²) >= 11 is 0. The van der Waals surface area contributed by atoms with Gasteiger partial charge >= 0.3 is 0 Å². The SMILES string of the molecule is C[C@@H]1Cc2ccccc2N1CC(=O)N(Cc1ccccc1)[C@@H]1CCS(=O)(=O)C1. The number of carbonyl (C=O) groups is 1. The van der Waals surface area contributed by atoms with Gasteiger partial charge in [-0.2, -0.15) is 0 Å². The minimum atomic E-state index is -3.06. The summed E-state index contributed by atoms with van der Waals surface area (Å²) in [6, 6.07) is 18.0. The van der Waals surface area contributed by atoms with Crippen molar-refractivity contribution in [3.05, 3.63) is 65.7 Å². The van der Waals surface area contributed by atoms with Crippen molar-refractivity contribution in [1.82, 2.24) is 4.90 Å². The van der Waals surface area contributed by atoms with Crippen LogP contribution in [0.2, 0.25) is 0 Å². The maximum absolute atomic E-state index is 13.3. The zero-order valence-electron chi connectivity index (χ0n) is 16.1. The molecule has 6 heteroatoms. The van der Waals surface area contributed by atoms with Crippen molar-refractivity contribution in [2.45, 2.75) is 38.4 Å². The zero-order chi connectivity index (χ0) is 19.7. The summed E-state index contributed by atoms with van der Waals surface area (Å²) in [7, 11) is -3.06. The molecule has 0 radical (unpaired) electrons. The first-order chi connectivity index (χ1) is 13.4. The molecule has 2 atom stereocenters. The van der Waals surface area contributed by atoms with Gasteiger partial charge in [0.15, 0.2) is 9.84 Å². The highest BCUT2D eigenvalue weighted by atomic mass is 32.2. The Morgan fingerprint density at radius 1 is 1.11 bits per heavy atom. The van der Waals surface area contributed by atoms with Gasteiger partial charge in [-0.1, -0.05) is 48.5 Å². The van der Waals surface area contributed by atoms with Crippen molar-refractivity contribution < 1.29 is 13.2 Å². The fraction of sp³-hybridized carbons (Fsp3) is 0.409. The van der Waals surface area contributed by atoms with Crippen LogP contribution < -0.4 is 4.90 Å². The van der Waals surface area contributed by atoms with Gasteiger partial charge in [0.2, 0.25) is 5.91 Å². The molecular weight excluding hydrogens is 372 g/mol. The summed E-state index contributed by atoms with van der Waals surface area (Å²) < 4.78 is 24.1. The van der Waals surface area contributed by atoms with E-state index in [0.717, 1.165) is 17.7 Å². The number of benzene rings is 2. The third-order valence-corrected chi connectivity index (χ3v) is 7.57. The molecule has 2 aliphatic rings. The van der Waals surface area contributed by atoms with Gasteiger partial charge in [-0.05, 0) is 37.0 Å². The summed E-state index contributed by atoms with van der Waals surface area (Å²) in [5.41, 5.74) is 3.40. The van der Waals surface area contributed by atoms with Gasteiger partial charge in [0, 0.05) is 24.3 Å². The van der Waals surface area contributed by atoms with E-state index >= 15 is 0 Å². The molecule has 0 spiro atoms. The molecule has 5 nitrogen and oxygen atoms in total. The molecule has 2 heterocycles. The second kappa shape index (κ2) is 7.59. The van der Waals surface area contributed by atoms with Crippen LogP contribution in [0.3, 0.4) is 0 Å². The molecule has 0 aliphatic carbocycles. The van der Waals surface area contributed by atoms with Crippen LogP contribution >= 0.6 is 0 Å². The summed E-state index contributed by atoms with van der Waals surface area (Å²) in [6.45, 7) is 2.86. The van der Waals surface area contributed by atoms with Gasteiger partial charge in [-0.3, -0.25) is 4.79 Å². The Kier molecular flexibility index (Phi) is 5.15. The van der Waals surface area contributed by atoms with Crippen LogP contribution in [0, 0.1) is 0 Å². The summed E-state index contributed by atoms with van der Waals surface area (Å²) in [5.74, 6) is 0.228. The first-order valence-electron chi connectivity index (χ1n) is 9.81. The average Bonchev–Trinajstić information content (AvgIpc) is 3.19. The van der Waals surface area contributed by atoms with Crippen molar-refractivity contribution in [3.63, 3.8) is 0 Å². The van der Waals surface area contributed by atoms with Gasteiger partial charge in [0.05, 0.1) is 18.1 Å². The first-order valence-corrected chi connectivity index (χ1v) is 11.6. The Labute approximate surface area is 166 Å². The Morgan fingerprint density at radius 3 is 2.54 bits per heavy atom. The Morgan fingerprint density at radius 2 is 1.82 bits per heavy atom. The highest BCUT2D eigenvalue weighted by Crippen LogP contribution is 2.32. The predicted molar refractivity (Wildman–Crippen MR) is 111 cm³/mol. The van der Waals surface area contributed by atoms with E-state index in [1.807, 2.05) is 42.5 Å². The number of amides is 1. The second-order valence-corrected chi connectivity index (χ2v) is 10.1. The van der Waals surface area contributed by atoms with E-state index in [1.54, 1.807) is 4.90 Å². The fourth-order valence-electron chi connectivity index (χ4n) is 4.33. The highest BCUT2D eigenvalue weighted by molar-refractivity contribution is 7.91. The van der Waals surface area contributed by atoms with Crippen LogP contribution in [0.4, 0.5) is 5.69 Å². The molecule has 2 aromatic rings. The number of nitrogens with zero attached hydrogens (tertiary/aromatic N) is 2. The Balaban J connectivity index is 1.56. The summed E-state index contributed by atoms with van der Waals surface area (Å²) in [4.78, 5) is 17.3. The molecule has 1 saturated heterocycles. The molecule has 148 valence electrons. The van der Waals surface area contributed by atoms with Gasteiger partial charge < -0.3 is 9.80 Å². The largest absolute Gasteiger partial charge is 0.359 e. The van der Waals surface area contributed by atoms with Crippen LogP contribution in [-0.4, -0.2) is 49.4 Å². The number of hydrogen-bond acceptors (Lipinski definition) is 4. The smallest absolute Gasteiger partial charge is 0.242 e. The molecule has 0 aromatic heterocycles. The number of hydrogen-bond donors (Lipinski definition) is 0. The lowest BCUT2D eigenvalue weighted by atomic mass is 10.1. The minimum Gasteiger partial charge on any atom is -0.359 e. The number of sulfone groups is 1. The monoisotopic (exact) mass is 398 g/mol. The van der Waals surface area contributed by atoms with Crippen LogP contribution in [-0.2, 0) is 27.6 Å². The lowest BCUT2D eigenvalue weighted by Crippen LogP contribution is -2.47. The Hall–Kier alpha value is -2.34. The number of anilines is 1. The van der Waals surface area contributed by atoms with E-state index in [1.165, 1.54) is 5.56 Å². The van der Waals surface area contributed by atoms with Crippen molar-refractivity contribution >= 4 is 21.4 Å². The van der Waals surface area contributed by atoms with Crippen LogP contribution in [0.1, 0.15) is 24.5 Å². The zero-order valence-corrected chi connectivity index (χ0v) is 16.9. The lowest BCUT2D eigenvalue weighted by molar-refractivity contribution is -0.132. The fourth-order valence-corrected chi connectivity index (χ4v) is 6.06. The van der Waals surface area contributed by atoms with E-state index in [2.05, 4.69) is 24.0 Å². The second-order valence-electron chi connectivity index (χ2n) is 7.87.